The molecule has 0 saturated heterocycles. The minimum Gasteiger partial charge on any atom is -0.354 e. The van der Waals surface area contributed by atoms with Crippen molar-refractivity contribution in [3.05, 3.63) is 98.9 Å². The highest BCUT2D eigenvalue weighted by Gasteiger charge is 2.33. The molecule has 2 aromatic rings. The minimum atomic E-state index is -0.358. The third-order valence-electron chi connectivity index (χ3n) is 3.99. The summed E-state index contributed by atoms with van der Waals surface area (Å²) in [4.78, 5) is 11.5. The summed E-state index contributed by atoms with van der Waals surface area (Å²) < 4.78 is 0. The first-order valence-corrected chi connectivity index (χ1v) is 7.52. The quantitative estimate of drug-likeness (QED) is 0.682. The predicted molar refractivity (Wildman–Crippen MR) is 91.2 cm³/mol. The van der Waals surface area contributed by atoms with E-state index < -0.39 is 0 Å². The highest BCUT2D eigenvalue weighted by molar-refractivity contribution is 5.70. The van der Waals surface area contributed by atoms with Crippen LogP contribution >= 0.6 is 0 Å². The van der Waals surface area contributed by atoms with Gasteiger partial charge in [-0.1, -0.05) is 60.2 Å². The molecule has 0 spiro atoms. The molecule has 1 N–H and O–H groups in total. The van der Waals surface area contributed by atoms with Crippen LogP contribution in [0.4, 0.5) is 0 Å². The van der Waals surface area contributed by atoms with Crippen molar-refractivity contribution in [2.75, 3.05) is 0 Å². The van der Waals surface area contributed by atoms with E-state index in [9.17, 15) is 10.1 Å². The molecule has 0 fully saturated rings. The van der Waals surface area contributed by atoms with E-state index in [2.05, 4.69) is 5.32 Å². The molecule has 4 heteroatoms. The molecule has 0 aromatic heterocycles. The summed E-state index contributed by atoms with van der Waals surface area (Å²) in [6.07, 6.45) is 1.91. The predicted octanol–water partition coefficient (Wildman–Crippen LogP) is 4.23. The van der Waals surface area contributed by atoms with Crippen LogP contribution < -0.4 is 5.32 Å². The Bertz CT molecular complexity index is 790. The van der Waals surface area contributed by atoms with Gasteiger partial charge in [-0.05, 0) is 25.5 Å². The summed E-state index contributed by atoms with van der Waals surface area (Å²) in [5.41, 5.74) is 4.55. The van der Waals surface area contributed by atoms with Gasteiger partial charge in [0.15, 0.2) is 0 Å². The maximum absolute atomic E-state index is 11.8. The van der Waals surface area contributed by atoms with E-state index >= 15 is 0 Å². The van der Waals surface area contributed by atoms with Gasteiger partial charge >= 0.3 is 0 Å². The number of rotatable bonds is 3. The van der Waals surface area contributed by atoms with Gasteiger partial charge in [0.05, 0.1) is 10.8 Å². The van der Waals surface area contributed by atoms with Gasteiger partial charge in [-0.25, -0.2) is 0 Å². The molecule has 3 rings (SSSR count). The number of nitro groups is 1. The lowest BCUT2D eigenvalue weighted by Gasteiger charge is -2.23. The summed E-state index contributed by atoms with van der Waals surface area (Å²) in [7, 11) is 0. The summed E-state index contributed by atoms with van der Waals surface area (Å²) in [6, 6.07) is 17.3. The van der Waals surface area contributed by atoms with E-state index in [0.29, 0.717) is 5.70 Å². The van der Waals surface area contributed by atoms with Crippen molar-refractivity contribution in [1.29, 1.82) is 0 Å². The number of allylic oxidation sites excluding steroid dienone is 2. The molecule has 0 aliphatic carbocycles. The molecule has 0 amide bonds. The fourth-order valence-electron chi connectivity index (χ4n) is 2.85. The van der Waals surface area contributed by atoms with Crippen LogP contribution in [0.3, 0.4) is 0 Å². The number of dihydropyridines is 1. The third kappa shape index (κ3) is 3.01. The number of hydrogen-bond donors (Lipinski definition) is 1. The van der Waals surface area contributed by atoms with Crippen LogP contribution in [-0.4, -0.2) is 4.92 Å². The zero-order valence-corrected chi connectivity index (χ0v) is 13.1. The second-order valence-electron chi connectivity index (χ2n) is 5.75. The molecule has 0 bridgehead atoms. The van der Waals surface area contributed by atoms with Gasteiger partial charge in [-0.3, -0.25) is 10.1 Å². The molecule has 0 saturated carbocycles. The Morgan fingerprint density at radius 2 is 1.65 bits per heavy atom. The molecular formula is C19H18N2O2. The summed E-state index contributed by atoms with van der Waals surface area (Å²) in [5, 5.41) is 15.0. The molecule has 0 radical (unpaired) electrons. The smallest absolute Gasteiger partial charge is 0.281 e. The fraction of sp³-hybridized carbons (Fsp3) is 0.158. The Balaban J connectivity index is 2.17. The van der Waals surface area contributed by atoms with Crippen LogP contribution in [-0.2, 0) is 0 Å². The molecule has 1 atom stereocenters. The number of nitrogens with one attached hydrogen (secondary N) is 1. The number of aryl methyl sites for hydroxylation is 1. The standard InChI is InChI=1S/C19H18N2O2/c1-13-8-10-16(11-9-13)18-19(21(22)23)17(12-14(2)20-18)15-6-4-3-5-7-15/h3-12,17,20H,1-2H3. The van der Waals surface area contributed by atoms with Crippen LogP contribution in [0.1, 0.15) is 29.5 Å². The van der Waals surface area contributed by atoms with Gasteiger partial charge in [0, 0.05) is 11.3 Å². The van der Waals surface area contributed by atoms with Crippen molar-refractivity contribution in [3.8, 4) is 0 Å². The van der Waals surface area contributed by atoms with Crippen molar-refractivity contribution < 1.29 is 4.92 Å². The number of nitrogens with zero attached hydrogens (tertiary/aromatic N) is 1. The first kappa shape index (κ1) is 15.0. The second kappa shape index (κ2) is 6.08. The van der Waals surface area contributed by atoms with Gasteiger partial charge in [0.25, 0.3) is 5.70 Å². The molecule has 1 heterocycles. The molecule has 116 valence electrons. The topological polar surface area (TPSA) is 55.2 Å². The Hall–Kier alpha value is -2.88. The minimum absolute atomic E-state index is 0.186. The Kier molecular flexibility index (Phi) is 3.98. The average molecular weight is 306 g/mol. The molecule has 1 unspecified atom stereocenters. The van der Waals surface area contributed by atoms with Gasteiger partial charge in [0.1, 0.15) is 5.70 Å². The van der Waals surface area contributed by atoms with E-state index in [4.69, 9.17) is 0 Å². The van der Waals surface area contributed by atoms with Crippen molar-refractivity contribution in [1.82, 2.24) is 5.32 Å². The van der Waals surface area contributed by atoms with Crippen LogP contribution in [0.2, 0.25) is 0 Å². The normalized spacial score (nSPS) is 17.5. The summed E-state index contributed by atoms with van der Waals surface area (Å²) >= 11 is 0. The van der Waals surface area contributed by atoms with Crippen LogP contribution in [0.15, 0.2) is 72.1 Å². The first-order chi connectivity index (χ1) is 11.1. The lowest BCUT2D eigenvalue weighted by molar-refractivity contribution is -0.428. The molecule has 1 aliphatic heterocycles. The molecule has 1 aliphatic rings. The largest absolute Gasteiger partial charge is 0.354 e. The fourth-order valence-corrected chi connectivity index (χ4v) is 2.85. The highest BCUT2D eigenvalue weighted by atomic mass is 16.6. The lowest BCUT2D eigenvalue weighted by Crippen LogP contribution is -2.24. The Labute approximate surface area is 135 Å². The van der Waals surface area contributed by atoms with Gasteiger partial charge in [-0.15, -0.1) is 0 Å². The van der Waals surface area contributed by atoms with Gasteiger partial charge < -0.3 is 5.32 Å². The maximum Gasteiger partial charge on any atom is 0.281 e. The molecule has 2 aromatic carbocycles. The van der Waals surface area contributed by atoms with Gasteiger partial charge in [0.2, 0.25) is 0 Å². The lowest BCUT2D eigenvalue weighted by atomic mass is 9.89. The Morgan fingerprint density at radius 1 is 1.00 bits per heavy atom. The average Bonchev–Trinajstić information content (AvgIpc) is 2.55. The highest BCUT2D eigenvalue weighted by Crippen LogP contribution is 2.35. The van der Waals surface area contributed by atoms with E-state index in [0.717, 1.165) is 22.4 Å². The Morgan fingerprint density at radius 3 is 2.26 bits per heavy atom. The first-order valence-electron chi connectivity index (χ1n) is 7.52. The SMILES string of the molecule is CC1=CC(c2ccccc2)C([N+](=O)[O-])=C(c2ccc(C)cc2)N1. The zero-order chi connectivity index (χ0) is 16.4. The molecule has 23 heavy (non-hydrogen) atoms. The third-order valence-corrected chi connectivity index (χ3v) is 3.99. The van der Waals surface area contributed by atoms with E-state index in [1.165, 1.54) is 0 Å². The summed E-state index contributed by atoms with van der Waals surface area (Å²) in [5.74, 6) is -0.358. The van der Waals surface area contributed by atoms with Crippen LogP contribution in [0.25, 0.3) is 5.70 Å². The molecular weight excluding hydrogens is 288 g/mol. The maximum atomic E-state index is 11.8. The van der Waals surface area contributed by atoms with E-state index in [-0.39, 0.29) is 16.5 Å². The van der Waals surface area contributed by atoms with Crippen LogP contribution in [0, 0.1) is 17.0 Å². The number of benzene rings is 2. The summed E-state index contributed by atoms with van der Waals surface area (Å²) in [6.45, 7) is 3.93. The monoisotopic (exact) mass is 306 g/mol. The molecule has 4 nitrogen and oxygen atoms in total. The van der Waals surface area contributed by atoms with Crippen molar-refractivity contribution >= 4 is 5.70 Å². The van der Waals surface area contributed by atoms with Crippen molar-refractivity contribution in [2.24, 2.45) is 0 Å². The van der Waals surface area contributed by atoms with Gasteiger partial charge in [-0.2, -0.15) is 0 Å². The van der Waals surface area contributed by atoms with Crippen LogP contribution in [0.5, 0.6) is 0 Å². The zero-order valence-electron chi connectivity index (χ0n) is 13.1. The number of hydrogen-bond acceptors (Lipinski definition) is 3. The van der Waals surface area contributed by atoms with E-state index in [1.807, 2.05) is 74.5 Å². The van der Waals surface area contributed by atoms with Crippen molar-refractivity contribution in [3.63, 3.8) is 0 Å². The second-order valence-corrected chi connectivity index (χ2v) is 5.75. The van der Waals surface area contributed by atoms with E-state index in [1.54, 1.807) is 0 Å². The van der Waals surface area contributed by atoms with Crippen molar-refractivity contribution in [2.45, 2.75) is 19.8 Å².